The van der Waals surface area contributed by atoms with Crippen LogP contribution >= 0.6 is 0 Å². The molecular formula is C56H102O6. The first-order valence-electron chi connectivity index (χ1n) is 27.0. The molecule has 0 unspecified atom stereocenters. The molecule has 0 aromatic carbocycles. The van der Waals surface area contributed by atoms with E-state index in [1.807, 2.05) is 0 Å². The zero-order valence-electron chi connectivity index (χ0n) is 41.4. The van der Waals surface area contributed by atoms with Gasteiger partial charge in [0.2, 0.25) is 0 Å². The van der Waals surface area contributed by atoms with Crippen molar-refractivity contribution in [3.05, 3.63) is 36.5 Å². The van der Waals surface area contributed by atoms with Crippen LogP contribution in [0.15, 0.2) is 36.5 Å². The number of unbranched alkanes of at least 4 members (excludes halogenated alkanes) is 32. The van der Waals surface area contributed by atoms with Crippen LogP contribution in [-0.4, -0.2) is 37.2 Å². The maximum atomic E-state index is 12.8. The predicted octanol–water partition coefficient (Wildman–Crippen LogP) is 17.7. The number of esters is 3. The van der Waals surface area contributed by atoms with Crippen LogP contribution in [0.1, 0.15) is 284 Å². The number of ether oxygens (including phenoxy) is 3. The third-order valence-corrected chi connectivity index (χ3v) is 11.9. The van der Waals surface area contributed by atoms with Gasteiger partial charge >= 0.3 is 17.9 Å². The molecule has 0 saturated heterocycles. The van der Waals surface area contributed by atoms with Gasteiger partial charge in [-0.15, -0.1) is 0 Å². The number of carbonyl (C=O) groups excluding carboxylic acids is 3. The molecule has 0 aromatic rings. The Bertz CT molecular complexity index is 1050. The lowest BCUT2D eigenvalue weighted by Crippen LogP contribution is -2.30. The second-order valence-corrected chi connectivity index (χ2v) is 18.1. The van der Waals surface area contributed by atoms with E-state index >= 15 is 0 Å². The highest BCUT2D eigenvalue weighted by molar-refractivity contribution is 5.71. The second-order valence-electron chi connectivity index (χ2n) is 18.1. The number of rotatable bonds is 49. The zero-order chi connectivity index (χ0) is 45.1. The lowest BCUT2D eigenvalue weighted by Gasteiger charge is -2.18. The van der Waals surface area contributed by atoms with Crippen molar-refractivity contribution in [2.45, 2.75) is 290 Å². The fourth-order valence-corrected chi connectivity index (χ4v) is 7.76. The number of hydrogen-bond donors (Lipinski definition) is 0. The minimum Gasteiger partial charge on any atom is -0.462 e. The van der Waals surface area contributed by atoms with Crippen LogP contribution in [0.2, 0.25) is 0 Å². The molecule has 0 aromatic heterocycles. The highest BCUT2D eigenvalue weighted by Gasteiger charge is 2.19. The first kappa shape index (κ1) is 59.6. The van der Waals surface area contributed by atoms with Gasteiger partial charge in [-0.1, -0.05) is 224 Å². The average Bonchev–Trinajstić information content (AvgIpc) is 3.27. The maximum Gasteiger partial charge on any atom is 0.306 e. The molecule has 0 aliphatic heterocycles. The number of hydrogen-bond acceptors (Lipinski definition) is 6. The Labute approximate surface area is 385 Å². The van der Waals surface area contributed by atoms with Gasteiger partial charge in [0.05, 0.1) is 0 Å². The van der Waals surface area contributed by atoms with Crippen molar-refractivity contribution in [3.63, 3.8) is 0 Å². The average molecular weight is 871 g/mol. The summed E-state index contributed by atoms with van der Waals surface area (Å²) in [6.07, 6.45) is 59.8. The summed E-state index contributed by atoms with van der Waals surface area (Å²) in [6, 6.07) is 0. The van der Waals surface area contributed by atoms with Crippen molar-refractivity contribution in [2.75, 3.05) is 13.2 Å². The standard InChI is InChI=1S/C56H102O6/c1-4-7-10-13-16-19-22-25-27-28-30-32-35-38-41-44-47-50-56(59)62-53(51-60-54(57)48-45-42-39-36-33-24-21-18-15-12-9-6-3)52-61-55(58)49-46-43-40-37-34-31-29-26-23-20-17-14-11-8-5-2/h16,19-20,23,25,27,53H,4-15,17-18,21-22,24,26,28-52H2,1-3H3/b19-16-,23-20-,27-25-/t53-/m0/s1. The van der Waals surface area contributed by atoms with Crippen molar-refractivity contribution in [1.82, 2.24) is 0 Å². The summed E-state index contributed by atoms with van der Waals surface area (Å²) >= 11 is 0. The quantitative estimate of drug-likeness (QED) is 0.0262. The third kappa shape index (κ3) is 48.7. The molecule has 0 aliphatic carbocycles. The van der Waals surface area contributed by atoms with E-state index in [1.165, 1.54) is 173 Å². The van der Waals surface area contributed by atoms with Gasteiger partial charge in [-0.05, 0) is 77.0 Å². The molecule has 0 radical (unpaired) electrons. The second kappa shape index (κ2) is 51.3. The van der Waals surface area contributed by atoms with Crippen molar-refractivity contribution < 1.29 is 28.6 Å². The fraction of sp³-hybridized carbons (Fsp3) is 0.839. The van der Waals surface area contributed by atoms with Crippen molar-refractivity contribution in [1.29, 1.82) is 0 Å². The summed E-state index contributed by atoms with van der Waals surface area (Å²) in [6.45, 7) is 6.61. The van der Waals surface area contributed by atoms with Gasteiger partial charge in [-0.3, -0.25) is 14.4 Å². The highest BCUT2D eigenvalue weighted by Crippen LogP contribution is 2.15. The monoisotopic (exact) mass is 871 g/mol. The Balaban J connectivity index is 4.36. The SMILES string of the molecule is CCCCC/C=C\C/C=C\CCCCCCCCCC(=O)O[C@H](COC(=O)CCCCCCCCC/C=C\CCCCCC)COC(=O)CCCCCCCCCCCCCC. The van der Waals surface area contributed by atoms with E-state index in [9.17, 15) is 14.4 Å². The molecule has 0 fully saturated rings. The number of allylic oxidation sites excluding steroid dienone is 6. The molecule has 0 N–H and O–H groups in total. The zero-order valence-corrected chi connectivity index (χ0v) is 41.4. The summed E-state index contributed by atoms with van der Waals surface area (Å²) in [5, 5.41) is 0. The molecule has 1 atom stereocenters. The first-order chi connectivity index (χ1) is 30.5. The molecule has 6 heteroatoms. The van der Waals surface area contributed by atoms with Crippen LogP contribution < -0.4 is 0 Å². The largest absolute Gasteiger partial charge is 0.462 e. The topological polar surface area (TPSA) is 78.9 Å². The molecule has 0 amide bonds. The van der Waals surface area contributed by atoms with Gasteiger partial charge in [0.1, 0.15) is 13.2 Å². The molecule has 62 heavy (non-hydrogen) atoms. The molecule has 0 heterocycles. The van der Waals surface area contributed by atoms with Crippen LogP contribution in [0.5, 0.6) is 0 Å². The highest BCUT2D eigenvalue weighted by atomic mass is 16.6. The van der Waals surface area contributed by atoms with Gasteiger partial charge in [0.25, 0.3) is 0 Å². The van der Waals surface area contributed by atoms with Gasteiger partial charge in [-0.2, -0.15) is 0 Å². The van der Waals surface area contributed by atoms with Gasteiger partial charge in [0, 0.05) is 19.3 Å². The van der Waals surface area contributed by atoms with Gasteiger partial charge in [-0.25, -0.2) is 0 Å². The van der Waals surface area contributed by atoms with E-state index in [4.69, 9.17) is 14.2 Å². The Morgan fingerprint density at radius 2 is 0.581 bits per heavy atom. The number of carbonyl (C=O) groups is 3. The van der Waals surface area contributed by atoms with Crippen LogP contribution in [0, 0.1) is 0 Å². The smallest absolute Gasteiger partial charge is 0.306 e. The summed E-state index contributed by atoms with van der Waals surface area (Å²) in [4.78, 5) is 38.0. The molecule has 0 spiro atoms. The van der Waals surface area contributed by atoms with Crippen LogP contribution in [0.25, 0.3) is 0 Å². The molecule has 0 bridgehead atoms. The third-order valence-electron chi connectivity index (χ3n) is 11.9. The van der Waals surface area contributed by atoms with E-state index in [-0.39, 0.29) is 31.1 Å². The fourth-order valence-electron chi connectivity index (χ4n) is 7.76. The van der Waals surface area contributed by atoms with Crippen LogP contribution in [-0.2, 0) is 28.6 Å². The Morgan fingerprint density at radius 3 is 0.952 bits per heavy atom. The lowest BCUT2D eigenvalue weighted by atomic mass is 10.0. The van der Waals surface area contributed by atoms with Gasteiger partial charge in [0.15, 0.2) is 6.10 Å². The minimum atomic E-state index is -0.774. The van der Waals surface area contributed by atoms with E-state index in [1.54, 1.807) is 0 Å². The summed E-state index contributed by atoms with van der Waals surface area (Å²) in [5.41, 5.74) is 0. The van der Waals surface area contributed by atoms with E-state index in [0.717, 1.165) is 70.6 Å². The van der Waals surface area contributed by atoms with Crippen molar-refractivity contribution in [2.24, 2.45) is 0 Å². The van der Waals surface area contributed by atoms with E-state index < -0.39 is 6.10 Å². The molecular weight excluding hydrogens is 769 g/mol. The molecule has 0 saturated carbocycles. The normalized spacial score (nSPS) is 12.2. The van der Waals surface area contributed by atoms with E-state index in [0.29, 0.717) is 19.3 Å². The van der Waals surface area contributed by atoms with Crippen LogP contribution in [0.3, 0.4) is 0 Å². The molecule has 0 aliphatic rings. The Morgan fingerprint density at radius 1 is 0.323 bits per heavy atom. The lowest BCUT2D eigenvalue weighted by molar-refractivity contribution is -0.167. The maximum absolute atomic E-state index is 12.8. The summed E-state index contributed by atoms with van der Waals surface area (Å²) in [7, 11) is 0. The Hall–Kier alpha value is -2.37. The summed E-state index contributed by atoms with van der Waals surface area (Å²) in [5.74, 6) is -0.874. The van der Waals surface area contributed by atoms with Gasteiger partial charge < -0.3 is 14.2 Å². The Kier molecular flexibility index (Phi) is 49.3. The summed E-state index contributed by atoms with van der Waals surface area (Å²) < 4.78 is 16.8. The van der Waals surface area contributed by atoms with Crippen molar-refractivity contribution in [3.8, 4) is 0 Å². The van der Waals surface area contributed by atoms with Crippen molar-refractivity contribution >= 4 is 17.9 Å². The minimum absolute atomic E-state index is 0.0736. The molecule has 6 nitrogen and oxygen atoms in total. The van der Waals surface area contributed by atoms with Crippen LogP contribution in [0.4, 0.5) is 0 Å². The molecule has 362 valence electrons. The molecule has 0 rings (SSSR count). The predicted molar refractivity (Wildman–Crippen MR) is 266 cm³/mol. The van der Waals surface area contributed by atoms with E-state index in [2.05, 4.69) is 57.2 Å². The first-order valence-corrected chi connectivity index (χ1v) is 27.0.